The first kappa shape index (κ1) is 27.1. The van der Waals surface area contributed by atoms with E-state index >= 15 is 0 Å². The number of carbonyl (C=O) groups excluding carboxylic acids is 3. The average molecular weight is 504 g/mol. The van der Waals surface area contributed by atoms with Crippen LogP contribution in [0.5, 0.6) is 0 Å². The average Bonchev–Trinajstić information content (AvgIpc) is 2.91. The van der Waals surface area contributed by atoms with Gasteiger partial charge in [0.1, 0.15) is 12.7 Å². The van der Waals surface area contributed by atoms with E-state index < -0.39 is 42.5 Å². The maximum atomic E-state index is 15.0. The van der Waals surface area contributed by atoms with Crippen LogP contribution in [-0.2, 0) is 27.4 Å². The van der Waals surface area contributed by atoms with Crippen LogP contribution < -0.4 is 10.6 Å². The number of hydrogen-bond donors (Lipinski definition) is 3. The van der Waals surface area contributed by atoms with E-state index in [0.717, 1.165) is 19.3 Å². The Morgan fingerprint density at radius 2 is 1.53 bits per heavy atom. The number of alkyl halides is 2. The van der Waals surface area contributed by atoms with Gasteiger partial charge in [0.05, 0.1) is 12.6 Å². The first-order valence-corrected chi connectivity index (χ1v) is 11.9. The highest BCUT2D eigenvalue weighted by molar-refractivity contribution is 5.89. The maximum Gasteiger partial charge on any atom is 0.407 e. The van der Waals surface area contributed by atoms with E-state index in [1.165, 1.54) is 4.90 Å². The number of ether oxygens (including phenoxy) is 1. The molecule has 0 saturated carbocycles. The van der Waals surface area contributed by atoms with Gasteiger partial charge in [-0.1, -0.05) is 60.7 Å². The van der Waals surface area contributed by atoms with Crippen LogP contribution in [-0.4, -0.2) is 65.6 Å². The smallest absolute Gasteiger partial charge is 0.407 e. The number of carbonyl (C=O) groups is 3. The number of amides is 3. The van der Waals surface area contributed by atoms with Crippen molar-refractivity contribution < 1.29 is 33.0 Å². The number of halogens is 2. The topological polar surface area (TPSA) is 108 Å². The minimum atomic E-state index is -4.28. The quantitative estimate of drug-likeness (QED) is 0.462. The summed E-state index contributed by atoms with van der Waals surface area (Å²) in [6, 6.07) is 15.6. The molecule has 1 aliphatic heterocycles. The molecule has 1 aliphatic rings. The fourth-order valence-corrected chi connectivity index (χ4v) is 3.94. The lowest BCUT2D eigenvalue weighted by molar-refractivity contribution is -0.167. The standard InChI is InChI=1S/C26H31F2N3O5/c27-26(28,24(34)29-17-22(32)31-14-8-3-9-15-31)23(33)21(16-19-10-4-1-5-11-19)30-25(35)36-18-20-12-6-2-7-13-20/h1-2,4-7,10-13,21,23,33H,3,8-9,14-18H2,(H,29,34)(H,30,35). The van der Waals surface area contributed by atoms with Gasteiger partial charge in [0, 0.05) is 13.1 Å². The monoisotopic (exact) mass is 503 g/mol. The summed E-state index contributed by atoms with van der Waals surface area (Å²) in [4.78, 5) is 38.4. The largest absolute Gasteiger partial charge is 0.445 e. The number of aliphatic hydroxyl groups is 1. The Kier molecular flexibility index (Phi) is 9.75. The Balaban J connectivity index is 1.64. The van der Waals surface area contributed by atoms with Gasteiger partial charge in [0.15, 0.2) is 0 Å². The molecule has 1 saturated heterocycles. The van der Waals surface area contributed by atoms with E-state index in [4.69, 9.17) is 4.74 Å². The Morgan fingerprint density at radius 3 is 2.14 bits per heavy atom. The second kappa shape index (κ2) is 13.0. The fraction of sp³-hybridized carbons (Fsp3) is 0.423. The molecule has 2 unspecified atom stereocenters. The van der Waals surface area contributed by atoms with Gasteiger partial charge in [-0.15, -0.1) is 0 Å². The molecule has 1 fully saturated rings. The van der Waals surface area contributed by atoms with E-state index in [0.29, 0.717) is 24.2 Å². The van der Waals surface area contributed by atoms with E-state index in [2.05, 4.69) is 5.32 Å². The molecule has 0 radical (unpaired) electrons. The highest BCUT2D eigenvalue weighted by atomic mass is 19.3. The van der Waals surface area contributed by atoms with Gasteiger partial charge < -0.3 is 25.4 Å². The van der Waals surface area contributed by atoms with Gasteiger partial charge in [-0.3, -0.25) is 9.59 Å². The van der Waals surface area contributed by atoms with Gasteiger partial charge in [0.25, 0.3) is 5.91 Å². The molecular formula is C26H31F2N3O5. The Labute approximate surface area is 208 Å². The number of aliphatic hydroxyl groups excluding tert-OH is 1. The second-order valence-corrected chi connectivity index (χ2v) is 8.69. The minimum absolute atomic E-state index is 0.101. The lowest BCUT2D eigenvalue weighted by Gasteiger charge is -2.30. The summed E-state index contributed by atoms with van der Waals surface area (Å²) in [6.45, 7) is 0.330. The van der Waals surface area contributed by atoms with Crippen LogP contribution in [0.3, 0.4) is 0 Å². The van der Waals surface area contributed by atoms with Crippen LogP contribution in [0.2, 0.25) is 0 Å². The number of likely N-dealkylation sites (tertiary alicyclic amines) is 1. The summed E-state index contributed by atoms with van der Waals surface area (Å²) in [5, 5.41) is 14.7. The third-order valence-corrected chi connectivity index (χ3v) is 5.98. The van der Waals surface area contributed by atoms with Crippen molar-refractivity contribution in [1.29, 1.82) is 0 Å². The van der Waals surface area contributed by atoms with Gasteiger partial charge in [-0.25, -0.2) is 4.79 Å². The molecule has 0 aliphatic carbocycles. The zero-order valence-corrected chi connectivity index (χ0v) is 19.9. The van der Waals surface area contributed by atoms with Gasteiger partial charge >= 0.3 is 12.0 Å². The molecule has 0 bridgehead atoms. The van der Waals surface area contributed by atoms with E-state index in [1.54, 1.807) is 60.7 Å². The van der Waals surface area contributed by atoms with Crippen LogP contribution in [0.25, 0.3) is 0 Å². The van der Waals surface area contributed by atoms with E-state index in [-0.39, 0.29) is 13.0 Å². The number of nitrogens with one attached hydrogen (secondary N) is 2. The molecule has 0 spiro atoms. The third kappa shape index (κ3) is 7.74. The second-order valence-electron chi connectivity index (χ2n) is 8.69. The number of nitrogens with zero attached hydrogens (tertiary/aromatic N) is 1. The van der Waals surface area contributed by atoms with Crippen molar-refractivity contribution in [2.75, 3.05) is 19.6 Å². The fourth-order valence-electron chi connectivity index (χ4n) is 3.94. The number of rotatable bonds is 10. The summed E-state index contributed by atoms with van der Waals surface area (Å²) in [6.07, 6.45) is -1.15. The maximum absolute atomic E-state index is 15.0. The van der Waals surface area contributed by atoms with E-state index in [1.807, 2.05) is 5.32 Å². The molecule has 36 heavy (non-hydrogen) atoms. The third-order valence-electron chi connectivity index (χ3n) is 5.98. The van der Waals surface area contributed by atoms with Gasteiger partial charge in [-0.2, -0.15) is 8.78 Å². The Morgan fingerprint density at radius 1 is 0.944 bits per heavy atom. The summed E-state index contributed by atoms with van der Waals surface area (Å²) >= 11 is 0. The molecule has 194 valence electrons. The number of piperidine rings is 1. The lowest BCUT2D eigenvalue weighted by atomic mass is 9.96. The van der Waals surface area contributed by atoms with Crippen molar-refractivity contribution in [3.63, 3.8) is 0 Å². The molecule has 10 heteroatoms. The van der Waals surface area contributed by atoms with Crippen molar-refractivity contribution >= 4 is 17.9 Å². The van der Waals surface area contributed by atoms with Crippen LogP contribution in [0.1, 0.15) is 30.4 Å². The zero-order chi connectivity index (χ0) is 26.0. The predicted molar refractivity (Wildman–Crippen MR) is 128 cm³/mol. The molecule has 2 aromatic rings. The first-order valence-electron chi connectivity index (χ1n) is 11.9. The number of benzene rings is 2. The van der Waals surface area contributed by atoms with Crippen LogP contribution in [0.4, 0.5) is 13.6 Å². The summed E-state index contributed by atoms with van der Waals surface area (Å²) in [5.41, 5.74) is 1.25. The Bertz CT molecular complexity index is 1000. The molecule has 2 atom stereocenters. The zero-order valence-electron chi connectivity index (χ0n) is 19.9. The van der Waals surface area contributed by atoms with Crippen molar-refractivity contribution in [3.05, 3.63) is 71.8 Å². The van der Waals surface area contributed by atoms with Crippen LogP contribution in [0, 0.1) is 0 Å². The molecular weight excluding hydrogens is 472 g/mol. The molecule has 3 amide bonds. The molecule has 2 aromatic carbocycles. The van der Waals surface area contributed by atoms with Crippen molar-refractivity contribution in [2.24, 2.45) is 0 Å². The Hall–Kier alpha value is -3.53. The number of alkyl carbamates (subject to hydrolysis) is 1. The number of hydrogen-bond acceptors (Lipinski definition) is 5. The summed E-state index contributed by atoms with van der Waals surface area (Å²) in [5.74, 6) is -6.54. The van der Waals surface area contributed by atoms with Crippen molar-refractivity contribution in [3.8, 4) is 0 Å². The van der Waals surface area contributed by atoms with E-state index in [9.17, 15) is 28.3 Å². The van der Waals surface area contributed by atoms with Crippen LogP contribution >= 0.6 is 0 Å². The van der Waals surface area contributed by atoms with Crippen LogP contribution in [0.15, 0.2) is 60.7 Å². The predicted octanol–water partition coefficient (Wildman–Crippen LogP) is 2.65. The van der Waals surface area contributed by atoms with Crippen molar-refractivity contribution in [1.82, 2.24) is 15.5 Å². The summed E-state index contributed by atoms with van der Waals surface area (Å²) in [7, 11) is 0. The van der Waals surface area contributed by atoms with Gasteiger partial charge in [0.2, 0.25) is 5.91 Å². The first-order chi connectivity index (χ1) is 17.3. The normalized spacial score (nSPS) is 15.5. The molecule has 0 aromatic heterocycles. The highest BCUT2D eigenvalue weighted by Gasteiger charge is 2.50. The molecule has 3 rings (SSSR count). The highest BCUT2D eigenvalue weighted by Crippen LogP contribution is 2.24. The molecule has 3 N–H and O–H groups in total. The molecule has 8 nitrogen and oxygen atoms in total. The van der Waals surface area contributed by atoms with Gasteiger partial charge in [-0.05, 0) is 36.8 Å². The molecule has 1 heterocycles. The SMILES string of the molecule is O=C(NC(Cc1ccccc1)C(O)C(F)(F)C(=O)NCC(=O)N1CCCCC1)OCc1ccccc1. The van der Waals surface area contributed by atoms with Crippen molar-refractivity contribution in [2.45, 2.75) is 50.4 Å². The minimum Gasteiger partial charge on any atom is -0.445 e. The summed E-state index contributed by atoms with van der Waals surface area (Å²) < 4.78 is 35.1. The lowest BCUT2D eigenvalue weighted by Crippen LogP contribution is -2.59.